The predicted octanol–water partition coefficient (Wildman–Crippen LogP) is 3.71. The van der Waals surface area contributed by atoms with Gasteiger partial charge in [0, 0.05) is 25.0 Å². The Morgan fingerprint density at radius 1 is 1.19 bits per heavy atom. The van der Waals surface area contributed by atoms with Crippen molar-refractivity contribution in [2.24, 2.45) is 5.92 Å². The molecule has 0 spiro atoms. The van der Waals surface area contributed by atoms with Crippen LogP contribution < -0.4 is 5.32 Å². The van der Waals surface area contributed by atoms with Gasteiger partial charge in [-0.15, -0.1) is 0 Å². The average molecular weight is 382 g/mol. The number of benzene rings is 1. The van der Waals surface area contributed by atoms with E-state index in [1.54, 1.807) is 11.3 Å². The number of hydrogen-bond donors (Lipinski definition) is 1. The number of fused-ring (bicyclic) bond motifs is 1. The topological polar surface area (TPSA) is 62.6 Å². The Hall–Kier alpha value is -2.60. The van der Waals surface area contributed by atoms with Crippen molar-refractivity contribution in [3.63, 3.8) is 0 Å². The lowest BCUT2D eigenvalue weighted by molar-refractivity contribution is -0.120. The molecule has 0 radical (unpaired) electrons. The van der Waals surface area contributed by atoms with Gasteiger partial charge in [-0.25, -0.2) is 0 Å². The van der Waals surface area contributed by atoms with Crippen molar-refractivity contribution in [3.8, 4) is 0 Å². The van der Waals surface area contributed by atoms with Gasteiger partial charge in [-0.05, 0) is 53.3 Å². The van der Waals surface area contributed by atoms with Crippen LogP contribution in [-0.4, -0.2) is 36.3 Å². The number of rotatable bonds is 5. The van der Waals surface area contributed by atoms with E-state index in [9.17, 15) is 9.59 Å². The van der Waals surface area contributed by atoms with Crippen molar-refractivity contribution in [1.82, 2.24) is 10.2 Å². The first-order valence-electron chi connectivity index (χ1n) is 9.24. The quantitative estimate of drug-likeness (QED) is 0.732. The van der Waals surface area contributed by atoms with Gasteiger partial charge in [0.25, 0.3) is 5.91 Å². The zero-order valence-electron chi connectivity index (χ0n) is 15.0. The first-order valence-corrected chi connectivity index (χ1v) is 10.2. The van der Waals surface area contributed by atoms with Gasteiger partial charge in [0.05, 0.1) is 6.42 Å². The third-order valence-electron chi connectivity index (χ3n) is 5.07. The van der Waals surface area contributed by atoms with Crippen molar-refractivity contribution in [1.29, 1.82) is 0 Å². The van der Waals surface area contributed by atoms with Gasteiger partial charge in [-0.1, -0.05) is 18.2 Å². The minimum atomic E-state index is -0.0499. The van der Waals surface area contributed by atoms with Crippen molar-refractivity contribution in [3.05, 3.63) is 58.5 Å². The molecular formula is C21H22N2O3S. The van der Waals surface area contributed by atoms with Crippen LogP contribution in [0, 0.1) is 5.92 Å². The fraction of sp³-hybridized carbons (Fsp3) is 0.333. The van der Waals surface area contributed by atoms with E-state index < -0.39 is 0 Å². The highest BCUT2D eigenvalue weighted by atomic mass is 32.1. The number of nitrogens with one attached hydrogen (secondary N) is 1. The number of para-hydroxylation sites is 1. The summed E-state index contributed by atoms with van der Waals surface area (Å²) in [5.41, 5.74) is 1.80. The van der Waals surface area contributed by atoms with Gasteiger partial charge in [0.15, 0.2) is 5.76 Å². The summed E-state index contributed by atoms with van der Waals surface area (Å²) < 4.78 is 5.69. The van der Waals surface area contributed by atoms with Crippen molar-refractivity contribution < 1.29 is 14.0 Å². The monoisotopic (exact) mass is 382 g/mol. The highest BCUT2D eigenvalue weighted by Crippen LogP contribution is 2.23. The maximum Gasteiger partial charge on any atom is 0.289 e. The second-order valence-electron chi connectivity index (χ2n) is 7.00. The summed E-state index contributed by atoms with van der Waals surface area (Å²) in [7, 11) is 0. The van der Waals surface area contributed by atoms with E-state index in [0.29, 0.717) is 37.7 Å². The number of furan rings is 1. The maximum atomic E-state index is 12.7. The molecule has 1 saturated heterocycles. The molecular weight excluding hydrogens is 360 g/mol. The molecule has 4 rings (SSSR count). The molecule has 0 atom stereocenters. The van der Waals surface area contributed by atoms with Gasteiger partial charge in [0.1, 0.15) is 5.58 Å². The molecule has 1 fully saturated rings. The summed E-state index contributed by atoms with van der Waals surface area (Å²) in [6.07, 6.45) is 2.22. The van der Waals surface area contributed by atoms with E-state index in [0.717, 1.165) is 29.4 Å². The van der Waals surface area contributed by atoms with Crippen LogP contribution in [0.2, 0.25) is 0 Å². The van der Waals surface area contributed by atoms with Crippen LogP contribution in [0.5, 0.6) is 0 Å². The Morgan fingerprint density at radius 3 is 2.74 bits per heavy atom. The number of amides is 2. The van der Waals surface area contributed by atoms with E-state index in [4.69, 9.17) is 4.42 Å². The van der Waals surface area contributed by atoms with Crippen LogP contribution in [0.15, 0.2) is 51.6 Å². The average Bonchev–Trinajstić information content (AvgIpc) is 3.35. The van der Waals surface area contributed by atoms with Crippen molar-refractivity contribution >= 4 is 34.1 Å². The SMILES string of the molecule is O=C(Cc1ccsc1)NCC1CCN(C(=O)c2cc3ccccc3o2)CC1. The zero-order chi connectivity index (χ0) is 18.6. The Kier molecular flexibility index (Phi) is 5.25. The van der Waals surface area contributed by atoms with E-state index in [-0.39, 0.29) is 11.8 Å². The lowest BCUT2D eigenvalue weighted by atomic mass is 9.96. The fourth-order valence-corrected chi connectivity index (χ4v) is 4.15. The number of hydrogen-bond acceptors (Lipinski definition) is 4. The molecule has 2 aromatic heterocycles. The molecule has 1 aliphatic rings. The highest BCUT2D eigenvalue weighted by molar-refractivity contribution is 7.08. The Balaban J connectivity index is 1.26. The van der Waals surface area contributed by atoms with Crippen molar-refractivity contribution in [2.75, 3.05) is 19.6 Å². The maximum absolute atomic E-state index is 12.7. The first kappa shape index (κ1) is 17.8. The Bertz CT molecular complexity index is 891. The number of nitrogens with zero attached hydrogens (tertiary/aromatic N) is 1. The van der Waals surface area contributed by atoms with Gasteiger partial charge in [0.2, 0.25) is 5.91 Å². The minimum absolute atomic E-state index is 0.0499. The van der Waals surface area contributed by atoms with Crippen LogP contribution in [0.4, 0.5) is 0 Å². The molecule has 1 aliphatic heterocycles. The number of piperidine rings is 1. The van der Waals surface area contributed by atoms with Gasteiger partial charge in [-0.2, -0.15) is 11.3 Å². The molecule has 2 amide bonds. The molecule has 27 heavy (non-hydrogen) atoms. The largest absolute Gasteiger partial charge is 0.451 e. The van der Waals surface area contributed by atoms with Crippen LogP contribution in [0.3, 0.4) is 0 Å². The standard InChI is InChI=1S/C21H22N2O3S/c24-20(11-16-7-10-27-14-16)22-13-15-5-8-23(9-6-15)21(25)19-12-17-3-1-2-4-18(17)26-19/h1-4,7,10,12,14-15H,5-6,8-9,11,13H2,(H,22,24). The number of likely N-dealkylation sites (tertiary alicyclic amines) is 1. The van der Waals surface area contributed by atoms with Gasteiger partial charge < -0.3 is 14.6 Å². The fourth-order valence-electron chi connectivity index (χ4n) is 3.48. The molecule has 6 heteroatoms. The molecule has 0 unspecified atom stereocenters. The Morgan fingerprint density at radius 2 is 2.00 bits per heavy atom. The third kappa shape index (κ3) is 4.22. The smallest absolute Gasteiger partial charge is 0.289 e. The van der Waals surface area contributed by atoms with Crippen LogP contribution >= 0.6 is 11.3 Å². The second kappa shape index (κ2) is 7.96. The molecule has 3 aromatic rings. The molecule has 1 N–H and O–H groups in total. The molecule has 0 aliphatic carbocycles. The van der Waals surface area contributed by atoms with Gasteiger partial charge in [-0.3, -0.25) is 9.59 Å². The van der Waals surface area contributed by atoms with E-state index in [1.807, 2.05) is 52.1 Å². The molecule has 0 saturated carbocycles. The molecule has 5 nitrogen and oxygen atoms in total. The molecule has 140 valence electrons. The predicted molar refractivity (Wildman–Crippen MR) is 106 cm³/mol. The second-order valence-corrected chi connectivity index (χ2v) is 7.78. The van der Waals surface area contributed by atoms with E-state index in [1.165, 1.54) is 0 Å². The lowest BCUT2D eigenvalue weighted by Crippen LogP contribution is -2.41. The van der Waals surface area contributed by atoms with Crippen molar-refractivity contribution in [2.45, 2.75) is 19.3 Å². The summed E-state index contributed by atoms with van der Waals surface area (Å²) in [5.74, 6) is 0.829. The summed E-state index contributed by atoms with van der Waals surface area (Å²) >= 11 is 1.60. The number of carbonyl (C=O) groups is 2. The normalized spacial score (nSPS) is 15.2. The lowest BCUT2D eigenvalue weighted by Gasteiger charge is -2.31. The van der Waals surface area contributed by atoms with E-state index >= 15 is 0 Å². The van der Waals surface area contributed by atoms with Crippen LogP contribution in [-0.2, 0) is 11.2 Å². The molecule has 3 heterocycles. The van der Waals surface area contributed by atoms with Crippen LogP contribution in [0.25, 0.3) is 11.0 Å². The highest BCUT2D eigenvalue weighted by Gasteiger charge is 2.25. The van der Waals surface area contributed by atoms with Crippen LogP contribution in [0.1, 0.15) is 29.0 Å². The number of thiophene rings is 1. The summed E-state index contributed by atoms with van der Waals surface area (Å²) in [4.78, 5) is 26.5. The summed E-state index contributed by atoms with van der Waals surface area (Å²) in [5, 5.41) is 7.96. The Labute approximate surface area is 162 Å². The number of carbonyl (C=O) groups excluding carboxylic acids is 2. The van der Waals surface area contributed by atoms with E-state index in [2.05, 4.69) is 5.32 Å². The first-order chi connectivity index (χ1) is 13.2. The zero-order valence-corrected chi connectivity index (χ0v) is 15.8. The minimum Gasteiger partial charge on any atom is -0.451 e. The molecule has 1 aromatic carbocycles. The summed E-state index contributed by atoms with van der Waals surface area (Å²) in [6, 6.07) is 11.4. The molecule has 0 bridgehead atoms. The summed E-state index contributed by atoms with van der Waals surface area (Å²) in [6.45, 7) is 2.07. The third-order valence-corrected chi connectivity index (χ3v) is 5.80. The van der Waals surface area contributed by atoms with Gasteiger partial charge >= 0.3 is 0 Å².